The SMILES string of the molecule is CCOC(=O)Cc1cc(=O)[nH]c(N=C(N)Nc2ccc3ccccc3c2)n1. The van der Waals surface area contributed by atoms with Gasteiger partial charge in [-0.3, -0.25) is 14.6 Å². The summed E-state index contributed by atoms with van der Waals surface area (Å²) in [5.74, 6) is -0.401. The Morgan fingerprint density at radius 3 is 2.78 bits per heavy atom. The number of H-pyrrole nitrogens is 1. The fourth-order valence-electron chi connectivity index (χ4n) is 2.55. The molecular formula is C19H19N5O3. The minimum Gasteiger partial charge on any atom is -0.466 e. The lowest BCUT2D eigenvalue weighted by molar-refractivity contribution is -0.142. The Balaban J connectivity index is 1.79. The van der Waals surface area contributed by atoms with E-state index in [9.17, 15) is 9.59 Å². The maximum Gasteiger partial charge on any atom is 0.311 e. The molecule has 27 heavy (non-hydrogen) atoms. The summed E-state index contributed by atoms with van der Waals surface area (Å²) in [6, 6.07) is 14.9. The Bertz CT molecular complexity index is 1060. The van der Waals surface area contributed by atoms with Crippen molar-refractivity contribution < 1.29 is 9.53 Å². The van der Waals surface area contributed by atoms with Gasteiger partial charge in [-0.15, -0.1) is 0 Å². The third-order valence-electron chi connectivity index (χ3n) is 3.66. The number of anilines is 1. The number of nitrogens with one attached hydrogen (secondary N) is 2. The van der Waals surface area contributed by atoms with Crippen LogP contribution in [0.2, 0.25) is 0 Å². The number of aromatic nitrogens is 2. The van der Waals surface area contributed by atoms with Crippen LogP contribution in [0.25, 0.3) is 10.8 Å². The molecule has 3 aromatic rings. The first-order chi connectivity index (χ1) is 13.0. The van der Waals surface area contributed by atoms with E-state index in [0.717, 1.165) is 16.5 Å². The molecule has 0 radical (unpaired) electrons. The number of nitrogens with zero attached hydrogens (tertiary/aromatic N) is 2. The quantitative estimate of drug-likeness (QED) is 0.361. The Morgan fingerprint density at radius 1 is 1.22 bits per heavy atom. The molecule has 138 valence electrons. The zero-order chi connectivity index (χ0) is 19.2. The molecule has 0 amide bonds. The monoisotopic (exact) mass is 365 g/mol. The van der Waals surface area contributed by atoms with Gasteiger partial charge in [-0.05, 0) is 29.8 Å². The summed E-state index contributed by atoms with van der Waals surface area (Å²) in [4.78, 5) is 34.0. The molecule has 0 aliphatic carbocycles. The number of guanidine groups is 1. The third kappa shape index (κ3) is 4.91. The van der Waals surface area contributed by atoms with E-state index in [-0.39, 0.29) is 30.6 Å². The standard InChI is InChI=1S/C19H19N5O3/c1-2-27-17(26)11-15-10-16(25)23-19(22-15)24-18(20)21-14-8-7-12-5-3-4-6-13(12)9-14/h3-10H,2,11H2,1H3,(H4,20,21,22,23,24,25). The van der Waals surface area contributed by atoms with Crippen LogP contribution in [-0.4, -0.2) is 28.5 Å². The predicted octanol–water partition coefficient (Wildman–Crippen LogP) is 2.09. The first-order valence-corrected chi connectivity index (χ1v) is 8.39. The van der Waals surface area contributed by atoms with Crippen molar-refractivity contribution in [1.82, 2.24) is 9.97 Å². The number of nitrogens with two attached hydrogens (primary N) is 1. The molecule has 2 aromatic carbocycles. The summed E-state index contributed by atoms with van der Waals surface area (Å²) in [6.07, 6.45) is -0.113. The molecule has 0 saturated heterocycles. The van der Waals surface area contributed by atoms with E-state index in [1.807, 2.05) is 42.5 Å². The molecule has 8 heteroatoms. The van der Waals surface area contributed by atoms with Gasteiger partial charge in [0.1, 0.15) is 0 Å². The second-order valence-corrected chi connectivity index (χ2v) is 5.73. The van der Waals surface area contributed by atoms with E-state index in [4.69, 9.17) is 10.5 Å². The van der Waals surface area contributed by atoms with Crippen molar-refractivity contribution in [3.63, 3.8) is 0 Å². The van der Waals surface area contributed by atoms with Crippen LogP contribution < -0.4 is 16.6 Å². The molecule has 8 nitrogen and oxygen atoms in total. The molecule has 0 atom stereocenters. The molecule has 0 unspecified atom stereocenters. The lowest BCUT2D eigenvalue weighted by Gasteiger charge is -2.07. The Morgan fingerprint density at radius 2 is 2.00 bits per heavy atom. The number of aliphatic imine (C=N–C) groups is 1. The Hall–Kier alpha value is -3.68. The average molecular weight is 365 g/mol. The summed E-state index contributed by atoms with van der Waals surface area (Å²) in [7, 11) is 0. The highest BCUT2D eigenvalue weighted by molar-refractivity contribution is 5.96. The van der Waals surface area contributed by atoms with Gasteiger partial charge in [-0.2, -0.15) is 4.99 Å². The van der Waals surface area contributed by atoms with Gasteiger partial charge in [-0.25, -0.2) is 4.98 Å². The second-order valence-electron chi connectivity index (χ2n) is 5.73. The highest BCUT2D eigenvalue weighted by Crippen LogP contribution is 2.18. The van der Waals surface area contributed by atoms with Crippen molar-refractivity contribution in [2.75, 3.05) is 11.9 Å². The van der Waals surface area contributed by atoms with Gasteiger partial charge in [-0.1, -0.05) is 30.3 Å². The number of ether oxygens (including phenoxy) is 1. The highest BCUT2D eigenvalue weighted by atomic mass is 16.5. The van der Waals surface area contributed by atoms with Crippen LogP contribution in [0.5, 0.6) is 0 Å². The van der Waals surface area contributed by atoms with E-state index >= 15 is 0 Å². The lowest BCUT2D eigenvalue weighted by Crippen LogP contribution is -2.22. The molecule has 1 aromatic heterocycles. The van der Waals surface area contributed by atoms with Crippen LogP contribution in [-0.2, 0) is 16.0 Å². The summed E-state index contributed by atoms with van der Waals surface area (Å²) in [5.41, 5.74) is 6.50. The summed E-state index contributed by atoms with van der Waals surface area (Å²) < 4.78 is 4.86. The number of carbonyl (C=O) groups excluding carboxylic acids is 1. The van der Waals surface area contributed by atoms with E-state index < -0.39 is 11.5 Å². The molecule has 0 bridgehead atoms. The smallest absolute Gasteiger partial charge is 0.311 e. The van der Waals surface area contributed by atoms with Crippen LogP contribution in [0.3, 0.4) is 0 Å². The van der Waals surface area contributed by atoms with E-state index in [1.165, 1.54) is 6.07 Å². The molecule has 0 aliphatic heterocycles. The molecule has 4 N–H and O–H groups in total. The number of hydrogen-bond donors (Lipinski definition) is 3. The van der Waals surface area contributed by atoms with Crippen LogP contribution in [0.4, 0.5) is 11.6 Å². The zero-order valence-corrected chi connectivity index (χ0v) is 14.7. The number of benzene rings is 2. The Kier molecular flexibility index (Phi) is 5.46. The predicted molar refractivity (Wildman–Crippen MR) is 104 cm³/mol. The third-order valence-corrected chi connectivity index (χ3v) is 3.66. The minimum atomic E-state index is -0.465. The number of rotatable bonds is 5. The van der Waals surface area contributed by atoms with Crippen molar-refractivity contribution in [3.8, 4) is 0 Å². The van der Waals surface area contributed by atoms with Gasteiger partial charge in [0.25, 0.3) is 5.56 Å². The number of aromatic amines is 1. The normalized spacial score (nSPS) is 11.4. The van der Waals surface area contributed by atoms with Crippen molar-refractivity contribution in [3.05, 3.63) is 64.6 Å². The van der Waals surface area contributed by atoms with Crippen LogP contribution in [0.15, 0.2) is 58.3 Å². The molecule has 0 fully saturated rings. The van der Waals surface area contributed by atoms with Crippen LogP contribution in [0.1, 0.15) is 12.6 Å². The Labute approximate surface area is 155 Å². The largest absolute Gasteiger partial charge is 0.466 e. The van der Waals surface area contributed by atoms with Gasteiger partial charge in [0, 0.05) is 11.8 Å². The van der Waals surface area contributed by atoms with Gasteiger partial charge in [0.05, 0.1) is 18.7 Å². The number of hydrogen-bond acceptors (Lipinski definition) is 5. The number of fused-ring (bicyclic) bond motifs is 1. The second kappa shape index (κ2) is 8.13. The minimum absolute atomic E-state index is 0.00703. The first-order valence-electron chi connectivity index (χ1n) is 8.39. The van der Waals surface area contributed by atoms with Gasteiger partial charge < -0.3 is 15.8 Å². The number of esters is 1. The molecule has 0 spiro atoms. The number of carbonyl (C=O) groups is 1. The maximum atomic E-state index is 11.8. The summed E-state index contributed by atoms with van der Waals surface area (Å²) in [6.45, 7) is 1.97. The summed E-state index contributed by atoms with van der Waals surface area (Å²) in [5, 5.41) is 5.12. The van der Waals surface area contributed by atoms with Crippen LogP contribution in [0, 0.1) is 0 Å². The van der Waals surface area contributed by atoms with Gasteiger partial charge in [0.2, 0.25) is 11.9 Å². The van der Waals surface area contributed by atoms with Gasteiger partial charge >= 0.3 is 5.97 Å². The lowest BCUT2D eigenvalue weighted by atomic mass is 10.1. The van der Waals surface area contributed by atoms with Crippen molar-refractivity contribution in [1.29, 1.82) is 0 Å². The van der Waals surface area contributed by atoms with E-state index in [0.29, 0.717) is 0 Å². The van der Waals surface area contributed by atoms with Crippen molar-refractivity contribution in [2.45, 2.75) is 13.3 Å². The fraction of sp³-hybridized carbons (Fsp3) is 0.158. The summed E-state index contributed by atoms with van der Waals surface area (Å²) >= 11 is 0. The fourth-order valence-corrected chi connectivity index (χ4v) is 2.55. The highest BCUT2D eigenvalue weighted by Gasteiger charge is 2.08. The molecule has 1 heterocycles. The van der Waals surface area contributed by atoms with Gasteiger partial charge in [0.15, 0.2) is 0 Å². The molecule has 3 rings (SSSR count). The maximum absolute atomic E-state index is 11.8. The first kappa shape index (κ1) is 18.1. The van der Waals surface area contributed by atoms with Crippen molar-refractivity contribution >= 4 is 34.3 Å². The van der Waals surface area contributed by atoms with Crippen molar-refractivity contribution in [2.24, 2.45) is 10.7 Å². The zero-order valence-electron chi connectivity index (χ0n) is 14.7. The topological polar surface area (TPSA) is 122 Å². The average Bonchev–Trinajstić information content (AvgIpc) is 2.61. The van der Waals surface area contributed by atoms with Crippen LogP contribution >= 0.6 is 0 Å². The van der Waals surface area contributed by atoms with E-state index in [2.05, 4.69) is 20.3 Å². The molecule has 0 aliphatic rings. The van der Waals surface area contributed by atoms with E-state index in [1.54, 1.807) is 6.92 Å². The molecule has 0 saturated carbocycles. The molecular weight excluding hydrogens is 346 g/mol.